The zero-order valence-corrected chi connectivity index (χ0v) is 34.4. The van der Waals surface area contributed by atoms with E-state index in [1.165, 1.54) is 52.5 Å². The summed E-state index contributed by atoms with van der Waals surface area (Å²) in [6.45, 7) is 0. The molecule has 0 atom stereocenters. The molecule has 6 heteroatoms. The van der Waals surface area contributed by atoms with Crippen molar-refractivity contribution in [3.05, 3.63) is 194 Å². The van der Waals surface area contributed by atoms with E-state index in [4.69, 9.17) is 19.4 Å². The molecule has 0 bridgehead atoms. The van der Waals surface area contributed by atoms with E-state index in [0.717, 1.165) is 66.0 Å². The Morgan fingerprint density at radius 2 is 1.02 bits per heavy atom. The number of thiophene rings is 1. The Morgan fingerprint density at radius 1 is 0.365 bits per heavy atom. The average molecular weight is 821 g/mol. The smallest absolute Gasteiger partial charge is 0.238 e. The van der Waals surface area contributed by atoms with Gasteiger partial charge in [0.1, 0.15) is 11.2 Å². The summed E-state index contributed by atoms with van der Waals surface area (Å²) in [6.07, 6.45) is 0. The highest BCUT2D eigenvalue weighted by molar-refractivity contribution is 7.26. The summed E-state index contributed by atoms with van der Waals surface area (Å²) in [7, 11) is 0. The first-order valence-electron chi connectivity index (χ1n) is 21.2. The summed E-state index contributed by atoms with van der Waals surface area (Å²) in [6, 6.07) is 69.1. The maximum absolute atomic E-state index is 6.40. The van der Waals surface area contributed by atoms with Crippen LogP contribution in [0.4, 0.5) is 0 Å². The molecule has 4 aromatic heterocycles. The number of aromatic nitrogens is 4. The predicted molar refractivity (Wildman–Crippen MR) is 263 cm³/mol. The van der Waals surface area contributed by atoms with E-state index in [-0.39, 0.29) is 0 Å². The highest BCUT2D eigenvalue weighted by Gasteiger charge is 2.25. The Labute approximate surface area is 363 Å². The number of hydrogen-bond acceptors (Lipinski definition) is 5. The van der Waals surface area contributed by atoms with Crippen LogP contribution in [0.5, 0.6) is 0 Å². The monoisotopic (exact) mass is 820 g/mol. The SMILES string of the molecule is c1ccc(-c2nc(-c3ccc4c(c3)oc3ccccc34)nc(-n3c4c(-c5ccc6c(c5)sc5ccc7ccccc7c56)cccc4c4c5ccccc5c5ccccc5c43)n2)cc1. The van der Waals surface area contributed by atoms with Crippen molar-refractivity contribution in [2.75, 3.05) is 0 Å². The average Bonchev–Trinajstić information content (AvgIpc) is 4.04. The molecule has 0 N–H and O–H groups in total. The van der Waals surface area contributed by atoms with Crippen LogP contribution in [-0.4, -0.2) is 19.5 Å². The fraction of sp³-hybridized carbons (Fsp3) is 0. The highest BCUT2D eigenvalue weighted by Crippen LogP contribution is 2.46. The molecule has 292 valence electrons. The predicted octanol–water partition coefficient (Wildman–Crippen LogP) is 15.7. The summed E-state index contributed by atoms with van der Waals surface area (Å²) in [5, 5.41) is 14.3. The molecule has 5 nitrogen and oxygen atoms in total. The molecule has 0 unspecified atom stereocenters. The maximum atomic E-state index is 6.40. The first-order chi connectivity index (χ1) is 31.2. The number of nitrogens with zero attached hydrogens (tertiary/aromatic N) is 4. The molecule has 0 amide bonds. The molecule has 0 aliphatic rings. The quantitative estimate of drug-likeness (QED) is 0.166. The second-order valence-corrected chi connectivity index (χ2v) is 17.4. The Bertz CT molecular complexity index is 4220. The van der Waals surface area contributed by atoms with Gasteiger partial charge >= 0.3 is 0 Å². The minimum Gasteiger partial charge on any atom is -0.456 e. The van der Waals surface area contributed by atoms with Crippen molar-refractivity contribution in [1.29, 1.82) is 0 Å². The lowest BCUT2D eigenvalue weighted by molar-refractivity contribution is 0.669. The molecule has 0 aliphatic heterocycles. The molecule has 0 fully saturated rings. The Hall–Kier alpha value is -8.19. The van der Waals surface area contributed by atoms with Crippen molar-refractivity contribution in [3.63, 3.8) is 0 Å². The zero-order valence-electron chi connectivity index (χ0n) is 33.6. The van der Waals surface area contributed by atoms with E-state index in [0.29, 0.717) is 17.6 Å². The highest BCUT2D eigenvalue weighted by atomic mass is 32.1. The molecule has 10 aromatic carbocycles. The first-order valence-corrected chi connectivity index (χ1v) is 22.0. The van der Waals surface area contributed by atoms with Gasteiger partial charge < -0.3 is 4.42 Å². The van der Waals surface area contributed by atoms with Crippen molar-refractivity contribution in [2.45, 2.75) is 0 Å². The normalized spacial score (nSPS) is 12.1. The second-order valence-electron chi connectivity index (χ2n) is 16.3. The molecule has 63 heavy (non-hydrogen) atoms. The van der Waals surface area contributed by atoms with Crippen LogP contribution in [-0.2, 0) is 0 Å². The fourth-order valence-corrected chi connectivity index (χ4v) is 11.2. The number of hydrogen-bond donors (Lipinski definition) is 0. The van der Waals surface area contributed by atoms with Crippen LogP contribution >= 0.6 is 11.3 Å². The summed E-state index contributed by atoms with van der Waals surface area (Å²) >= 11 is 1.85. The minimum atomic E-state index is 0.547. The number of furan rings is 1. The molecule has 0 aliphatic carbocycles. The van der Waals surface area contributed by atoms with Crippen LogP contribution in [0.3, 0.4) is 0 Å². The van der Waals surface area contributed by atoms with E-state index < -0.39 is 0 Å². The molecular weight excluding hydrogens is 789 g/mol. The Balaban J connectivity index is 1.11. The second kappa shape index (κ2) is 13.2. The lowest BCUT2D eigenvalue weighted by atomic mass is 9.95. The zero-order chi connectivity index (χ0) is 41.2. The molecule has 0 saturated heterocycles. The van der Waals surface area contributed by atoms with Gasteiger partial charge in [-0.15, -0.1) is 11.3 Å². The summed E-state index contributed by atoms with van der Waals surface area (Å²) in [5.41, 5.74) is 7.74. The van der Waals surface area contributed by atoms with Crippen molar-refractivity contribution >= 4 is 108 Å². The molecule has 4 heterocycles. The largest absolute Gasteiger partial charge is 0.456 e. The molecule has 0 radical (unpaired) electrons. The van der Waals surface area contributed by atoms with Crippen molar-refractivity contribution < 1.29 is 4.42 Å². The van der Waals surface area contributed by atoms with Crippen molar-refractivity contribution in [2.24, 2.45) is 0 Å². The first kappa shape index (κ1) is 34.5. The summed E-state index contributed by atoms with van der Waals surface area (Å²) in [4.78, 5) is 16.1. The van der Waals surface area contributed by atoms with Gasteiger partial charge in [-0.2, -0.15) is 9.97 Å². The van der Waals surface area contributed by atoms with Gasteiger partial charge in [-0.1, -0.05) is 164 Å². The van der Waals surface area contributed by atoms with Crippen LogP contribution in [0.25, 0.3) is 136 Å². The molecular formula is C57H32N4OS. The van der Waals surface area contributed by atoms with Crippen LogP contribution in [0, 0.1) is 0 Å². The van der Waals surface area contributed by atoms with E-state index in [2.05, 4.69) is 162 Å². The molecule has 0 saturated carbocycles. The lowest BCUT2D eigenvalue weighted by Gasteiger charge is -2.14. The van der Waals surface area contributed by atoms with Gasteiger partial charge in [-0.3, -0.25) is 4.57 Å². The van der Waals surface area contributed by atoms with E-state index in [1.807, 2.05) is 47.7 Å². The van der Waals surface area contributed by atoms with Crippen LogP contribution in [0.15, 0.2) is 199 Å². The Kier molecular flexibility index (Phi) is 7.21. The van der Waals surface area contributed by atoms with Gasteiger partial charge in [0.2, 0.25) is 5.95 Å². The van der Waals surface area contributed by atoms with Crippen LogP contribution in [0.1, 0.15) is 0 Å². The van der Waals surface area contributed by atoms with E-state index in [1.54, 1.807) is 0 Å². The third-order valence-corrected chi connectivity index (χ3v) is 13.9. The van der Waals surface area contributed by atoms with E-state index in [9.17, 15) is 0 Å². The number of para-hydroxylation sites is 2. The minimum absolute atomic E-state index is 0.547. The van der Waals surface area contributed by atoms with Gasteiger partial charge in [0, 0.05) is 63.8 Å². The maximum Gasteiger partial charge on any atom is 0.238 e. The summed E-state index contributed by atoms with van der Waals surface area (Å²) in [5.74, 6) is 1.71. The Morgan fingerprint density at radius 3 is 1.87 bits per heavy atom. The fourth-order valence-electron chi connectivity index (χ4n) is 10.0. The molecule has 14 rings (SSSR count). The lowest BCUT2D eigenvalue weighted by Crippen LogP contribution is -2.07. The van der Waals surface area contributed by atoms with E-state index >= 15 is 0 Å². The third kappa shape index (κ3) is 5.07. The molecule has 14 aromatic rings. The van der Waals surface area contributed by atoms with Gasteiger partial charge in [0.05, 0.1) is 11.0 Å². The van der Waals surface area contributed by atoms with Gasteiger partial charge in [0.25, 0.3) is 0 Å². The van der Waals surface area contributed by atoms with Gasteiger partial charge in [0.15, 0.2) is 11.6 Å². The summed E-state index contributed by atoms with van der Waals surface area (Å²) < 4.78 is 11.3. The van der Waals surface area contributed by atoms with Crippen LogP contribution in [0.2, 0.25) is 0 Å². The standard InChI is InChI=1S/C57H32N4OS/c1-2-14-34(15-3-1)55-58-56(36-26-28-42-41-19-10-11-24-47(41)62-48(42)31-36)60-57(59-55)61-53-38(35-25-29-45-50(32-35)63-49-30-27-33-13-4-5-16-37(33)51(45)49)22-12-23-46(53)52-43-20-8-6-17-39(43)40-18-7-9-21-44(40)54(52)61/h1-32H. The number of benzene rings is 10. The van der Waals surface area contributed by atoms with Gasteiger partial charge in [-0.05, 0) is 62.8 Å². The topological polar surface area (TPSA) is 56.7 Å². The van der Waals surface area contributed by atoms with Crippen LogP contribution < -0.4 is 0 Å². The van der Waals surface area contributed by atoms with Gasteiger partial charge in [-0.25, -0.2) is 4.98 Å². The number of fused-ring (bicyclic) bond motifs is 16. The third-order valence-electron chi connectivity index (χ3n) is 12.8. The number of rotatable bonds is 4. The van der Waals surface area contributed by atoms with Crippen molar-refractivity contribution in [3.8, 4) is 39.9 Å². The van der Waals surface area contributed by atoms with Crippen molar-refractivity contribution in [1.82, 2.24) is 19.5 Å². The molecule has 0 spiro atoms.